The Balaban J connectivity index is 1.41. The Morgan fingerprint density at radius 3 is 1.88 bits per heavy atom. The lowest BCUT2D eigenvalue weighted by atomic mass is 9.49. The second-order valence-corrected chi connectivity index (χ2v) is 9.66. The molecule has 0 saturated heterocycles. The van der Waals surface area contributed by atoms with E-state index in [1.807, 2.05) is 0 Å². The van der Waals surface area contributed by atoms with Crippen LogP contribution in [0.1, 0.15) is 66.2 Å². The lowest BCUT2D eigenvalue weighted by molar-refractivity contribution is -0.147. The van der Waals surface area contributed by atoms with Crippen molar-refractivity contribution in [2.24, 2.45) is 23.2 Å². The highest BCUT2D eigenvalue weighted by molar-refractivity contribution is 5.88. The number of rotatable bonds is 8. The van der Waals surface area contributed by atoms with Crippen LogP contribution in [-0.2, 0) is 9.59 Å². The SMILES string of the molecule is CC(C)N(CCNC(=O)CNC(=O)C12CC3CC(CC(C3)C1)C2)C(C)C. The van der Waals surface area contributed by atoms with E-state index < -0.39 is 0 Å². The van der Waals surface area contributed by atoms with Crippen molar-refractivity contribution in [3.63, 3.8) is 0 Å². The molecule has 0 radical (unpaired) electrons. The molecule has 0 spiro atoms. The van der Waals surface area contributed by atoms with Gasteiger partial charge >= 0.3 is 0 Å². The third-order valence-electron chi connectivity index (χ3n) is 6.95. The van der Waals surface area contributed by atoms with E-state index in [4.69, 9.17) is 0 Å². The van der Waals surface area contributed by atoms with E-state index in [0.717, 1.165) is 43.6 Å². The normalized spacial score (nSPS) is 32.5. The molecule has 0 aliphatic heterocycles. The first-order valence-electron chi connectivity index (χ1n) is 10.6. The summed E-state index contributed by atoms with van der Waals surface area (Å²) in [6.07, 6.45) is 7.12. The van der Waals surface area contributed by atoms with Gasteiger partial charge in [-0.1, -0.05) is 0 Å². The molecule has 0 unspecified atom stereocenters. The van der Waals surface area contributed by atoms with Gasteiger partial charge in [-0.05, 0) is 84.0 Å². The minimum Gasteiger partial charge on any atom is -0.353 e. The van der Waals surface area contributed by atoms with Crippen LogP contribution >= 0.6 is 0 Å². The van der Waals surface area contributed by atoms with Crippen molar-refractivity contribution < 1.29 is 9.59 Å². The van der Waals surface area contributed by atoms with Crippen LogP contribution in [0.4, 0.5) is 0 Å². The van der Waals surface area contributed by atoms with E-state index in [9.17, 15) is 9.59 Å². The van der Waals surface area contributed by atoms with E-state index in [0.29, 0.717) is 18.6 Å². The molecule has 4 bridgehead atoms. The molecule has 2 N–H and O–H groups in total. The Bertz CT molecular complexity index is 486. The minimum absolute atomic E-state index is 0.0736. The summed E-state index contributed by atoms with van der Waals surface area (Å²) in [5.41, 5.74) is -0.166. The van der Waals surface area contributed by atoms with Crippen molar-refractivity contribution in [3.8, 4) is 0 Å². The van der Waals surface area contributed by atoms with Gasteiger partial charge in [0, 0.05) is 30.6 Å². The molecule has 4 rings (SSSR count). The lowest BCUT2D eigenvalue weighted by Crippen LogP contribution is -2.54. The second-order valence-electron chi connectivity index (χ2n) is 9.66. The third-order valence-corrected chi connectivity index (χ3v) is 6.95. The molecule has 0 aromatic heterocycles. The maximum atomic E-state index is 12.9. The summed E-state index contributed by atoms with van der Waals surface area (Å²) < 4.78 is 0. The van der Waals surface area contributed by atoms with Gasteiger partial charge in [0.15, 0.2) is 0 Å². The number of nitrogens with zero attached hydrogens (tertiary/aromatic N) is 1. The zero-order chi connectivity index (χ0) is 18.9. The van der Waals surface area contributed by atoms with Crippen molar-refractivity contribution >= 4 is 11.8 Å². The first-order valence-corrected chi connectivity index (χ1v) is 10.6. The molecular formula is C21H37N3O2. The number of carbonyl (C=O) groups is 2. The fraction of sp³-hybridized carbons (Fsp3) is 0.905. The van der Waals surface area contributed by atoms with E-state index in [-0.39, 0.29) is 23.8 Å². The van der Waals surface area contributed by atoms with Gasteiger partial charge in [-0.15, -0.1) is 0 Å². The molecule has 0 aromatic carbocycles. The predicted octanol–water partition coefficient (Wildman–Crippen LogP) is 2.55. The predicted molar refractivity (Wildman–Crippen MR) is 104 cm³/mol. The maximum Gasteiger partial charge on any atom is 0.239 e. The number of hydrogen-bond acceptors (Lipinski definition) is 3. The van der Waals surface area contributed by atoms with Crippen molar-refractivity contribution in [2.45, 2.75) is 78.3 Å². The lowest BCUT2D eigenvalue weighted by Gasteiger charge is -2.55. The third kappa shape index (κ3) is 4.24. The van der Waals surface area contributed by atoms with Crippen molar-refractivity contribution in [1.29, 1.82) is 0 Å². The molecule has 4 aliphatic carbocycles. The highest BCUT2D eigenvalue weighted by atomic mass is 16.2. The van der Waals surface area contributed by atoms with Gasteiger partial charge in [0.2, 0.25) is 11.8 Å². The summed E-state index contributed by atoms with van der Waals surface area (Å²) in [6.45, 7) is 10.3. The number of hydrogen-bond donors (Lipinski definition) is 2. The highest BCUT2D eigenvalue weighted by Crippen LogP contribution is 2.60. The van der Waals surface area contributed by atoms with E-state index in [1.165, 1.54) is 19.3 Å². The quantitative estimate of drug-likeness (QED) is 0.697. The Morgan fingerprint density at radius 2 is 1.42 bits per heavy atom. The van der Waals surface area contributed by atoms with Crippen molar-refractivity contribution in [3.05, 3.63) is 0 Å². The maximum absolute atomic E-state index is 12.9. The fourth-order valence-corrected chi connectivity index (χ4v) is 6.24. The van der Waals surface area contributed by atoms with Gasteiger partial charge in [-0.2, -0.15) is 0 Å². The molecule has 4 aliphatic rings. The molecule has 148 valence electrons. The minimum atomic E-state index is -0.166. The summed E-state index contributed by atoms with van der Waals surface area (Å²) in [6, 6.07) is 0.922. The summed E-state index contributed by atoms with van der Waals surface area (Å²) in [7, 11) is 0. The molecule has 5 heteroatoms. The van der Waals surface area contributed by atoms with Gasteiger partial charge in [-0.3, -0.25) is 14.5 Å². The van der Waals surface area contributed by atoms with Crippen LogP contribution in [0.15, 0.2) is 0 Å². The molecule has 2 amide bonds. The number of carbonyl (C=O) groups excluding carboxylic acids is 2. The fourth-order valence-electron chi connectivity index (χ4n) is 6.24. The van der Waals surface area contributed by atoms with Gasteiger partial charge in [0.05, 0.1) is 6.54 Å². The highest BCUT2D eigenvalue weighted by Gasteiger charge is 2.54. The molecule has 0 aromatic rings. The van der Waals surface area contributed by atoms with Crippen LogP contribution in [0.25, 0.3) is 0 Å². The molecule has 26 heavy (non-hydrogen) atoms. The zero-order valence-corrected chi connectivity index (χ0v) is 17.0. The van der Waals surface area contributed by atoms with Gasteiger partial charge in [0.1, 0.15) is 0 Å². The molecule has 5 nitrogen and oxygen atoms in total. The average molecular weight is 364 g/mol. The Kier molecular flexibility index (Phi) is 5.95. The Morgan fingerprint density at radius 1 is 0.923 bits per heavy atom. The first kappa shape index (κ1) is 19.7. The smallest absolute Gasteiger partial charge is 0.239 e. The van der Waals surface area contributed by atoms with Gasteiger partial charge < -0.3 is 10.6 Å². The summed E-state index contributed by atoms with van der Waals surface area (Å²) in [5.74, 6) is 2.31. The van der Waals surface area contributed by atoms with E-state index >= 15 is 0 Å². The first-order chi connectivity index (χ1) is 12.3. The Labute approximate surface area is 158 Å². The second kappa shape index (κ2) is 7.87. The number of amides is 2. The average Bonchev–Trinajstić information content (AvgIpc) is 2.54. The summed E-state index contributed by atoms with van der Waals surface area (Å²) in [5, 5.41) is 5.92. The number of nitrogens with one attached hydrogen (secondary N) is 2. The van der Waals surface area contributed by atoms with Crippen molar-refractivity contribution in [1.82, 2.24) is 15.5 Å². The standard InChI is InChI=1S/C21H37N3O2/c1-14(2)24(15(3)4)6-5-22-19(25)13-23-20(26)21-10-16-7-17(11-21)9-18(8-16)12-21/h14-18H,5-13H2,1-4H3,(H,22,25)(H,23,26). The molecular weight excluding hydrogens is 326 g/mol. The van der Waals surface area contributed by atoms with Crippen LogP contribution in [-0.4, -0.2) is 48.4 Å². The topological polar surface area (TPSA) is 61.4 Å². The largest absolute Gasteiger partial charge is 0.353 e. The van der Waals surface area contributed by atoms with E-state index in [1.54, 1.807) is 0 Å². The summed E-state index contributed by atoms with van der Waals surface area (Å²) >= 11 is 0. The van der Waals surface area contributed by atoms with E-state index in [2.05, 4.69) is 43.2 Å². The molecule has 0 atom stereocenters. The van der Waals surface area contributed by atoms with Crippen LogP contribution in [0, 0.1) is 23.2 Å². The molecule has 4 saturated carbocycles. The van der Waals surface area contributed by atoms with Crippen LogP contribution in [0.2, 0.25) is 0 Å². The molecule has 4 fully saturated rings. The van der Waals surface area contributed by atoms with Crippen LogP contribution in [0.5, 0.6) is 0 Å². The Hall–Kier alpha value is -1.10. The van der Waals surface area contributed by atoms with Gasteiger partial charge in [-0.25, -0.2) is 0 Å². The van der Waals surface area contributed by atoms with Crippen LogP contribution < -0.4 is 10.6 Å². The zero-order valence-electron chi connectivity index (χ0n) is 17.0. The summed E-state index contributed by atoms with van der Waals surface area (Å²) in [4.78, 5) is 27.4. The van der Waals surface area contributed by atoms with Gasteiger partial charge in [0.25, 0.3) is 0 Å². The van der Waals surface area contributed by atoms with Crippen LogP contribution in [0.3, 0.4) is 0 Å². The monoisotopic (exact) mass is 363 g/mol. The molecule has 0 heterocycles. The van der Waals surface area contributed by atoms with Crippen molar-refractivity contribution in [2.75, 3.05) is 19.6 Å².